The van der Waals surface area contributed by atoms with Crippen LogP contribution in [0.15, 0.2) is 24.8 Å². The number of anilines is 2. The third kappa shape index (κ3) is 2.82. The van der Waals surface area contributed by atoms with E-state index in [1.165, 1.54) is 0 Å². The van der Waals surface area contributed by atoms with Crippen molar-refractivity contribution >= 4 is 22.8 Å². The molecule has 9 nitrogen and oxygen atoms in total. The molecular formula is C16H17N9. The van der Waals surface area contributed by atoms with E-state index in [4.69, 9.17) is 5.26 Å². The predicted molar refractivity (Wildman–Crippen MR) is 92.1 cm³/mol. The number of nitriles is 1. The van der Waals surface area contributed by atoms with Crippen LogP contribution in [-0.4, -0.2) is 55.9 Å². The Labute approximate surface area is 144 Å². The van der Waals surface area contributed by atoms with Gasteiger partial charge in [-0.2, -0.15) is 5.26 Å². The Balaban J connectivity index is 1.56. The van der Waals surface area contributed by atoms with Gasteiger partial charge in [0.1, 0.15) is 17.9 Å². The van der Waals surface area contributed by atoms with E-state index < -0.39 is 0 Å². The molecule has 1 saturated heterocycles. The van der Waals surface area contributed by atoms with Crippen LogP contribution in [0.25, 0.3) is 11.2 Å². The molecule has 0 bridgehead atoms. The maximum Gasteiger partial charge on any atom is 0.182 e. The first-order valence-electron chi connectivity index (χ1n) is 8.12. The lowest BCUT2D eigenvalue weighted by molar-refractivity contribution is 0.784. The minimum Gasteiger partial charge on any atom is -0.353 e. The highest BCUT2D eigenvalue weighted by Gasteiger charge is 2.20. The topological polar surface area (TPSA) is 99.7 Å². The van der Waals surface area contributed by atoms with Gasteiger partial charge in [-0.05, 0) is 18.6 Å². The Hall–Kier alpha value is -3.28. The summed E-state index contributed by atoms with van der Waals surface area (Å²) in [6.45, 7) is 3.41. The number of hydrogen-bond acceptors (Lipinski definition) is 8. The Kier molecular flexibility index (Phi) is 3.85. The second kappa shape index (κ2) is 6.32. The average molecular weight is 335 g/mol. The van der Waals surface area contributed by atoms with Crippen LogP contribution in [-0.2, 0) is 7.05 Å². The van der Waals surface area contributed by atoms with Crippen LogP contribution >= 0.6 is 0 Å². The fourth-order valence-electron chi connectivity index (χ4n) is 3.11. The predicted octanol–water partition coefficient (Wildman–Crippen LogP) is 0.742. The van der Waals surface area contributed by atoms with Gasteiger partial charge in [-0.1, -0.05) is 0 Å². The molecule has 1 aliphatic rings. The Morgan fingerprint density at radius 3 is 2.64 bits per heavy atom. The number of hydrogen-bond donors (Lipinski definition) is 0. The van der Waals surface area contributed by atoms with Crippen LogP contribution in [0, 0.1) is 11.3 Å². The maximum atomic E-state index is 8.84. The van der Waals surface area contributed by atoms with E-state index in [0.29, 0.717) is 11.3 Å². The molecule has 4 rings (SSSR count). The van der Waals surface area contributed by atoms with Gasteiger partial charge in [0, 0.05) is 33.2 Å². The van der Waals surface area contributed by atoms with Crippen LogP contribution in [0.1, 0.15) is 12.1 Å². The minimum absolute atomic E-state index is 0.333. The molecule has 25 heavy (non-hydrogen) atoms. The third-order valence-electron chi connectivity index (χ3n) is 4.37. The van der Waals surface area contributed by atoms with Crippen molar-refractivity contribution in [1.82, 2.24) is 29.7 Å². The van der Waals surface area contributed by atoms with Gasteiger partial charge in [0.25, 0.3) is 0 Å². The zero-order chi connectivity index (χ0) is 17.2. The first kappa shape index (κ1) is 15.3. The molecule has 0 aliphatic carbocycles. The number of aromatic nitrogens is 6. The number of aryl methyl sites for hydroxylation is 1. The van der Waals surface area contributed by atoms with Crippen LogP contribution < -0.4 is 9.80 Å². The Morgan fingerprint density at radius 2 is 1.84 bits per heavy atom. The summed E-state index contributed by atoms with van der Waals surface area (Å²) in [7, 11) is 1.96. The number of fused-ring (bicyclic) bond motifs is 1. The summed E-state index contributed by atoms with van der Waals surface area (Å²) in [5.74, 6) is 1.71. The van der Waals surface area contributed by atoms with Gasteiger partial charge in [0.2, 0.25) is 0 Å². The highest BCUT2D eigenvalue weighted by molar-refractivity contribution is 5.83. The SMILES string of the molecule is Cn1cnc2ncnc(N3CCCN(c4ccc(C#N)nn4)CC3)c21. The molecule has 0 spiro atoms. The fourth-order valence-corrected chi connectivity index (χ4v) is 3.11. The molecule has 3 aromatic rings. The van der Waals surface area contributed by atoms with Gasteiger partial charge in [-0.25, -0.2) is 15.0 Å². The van der Waals surface area contributed by atoms with E-state index in [9.17, 15) is 0 Å². The van der Waals surface area contributed by atoms with Gasteiger partial charge in [-0.3, -0.25) is 0 Å². The van der Waals surface area contributed by atoms with Gasteiger partial charge in [-0.15, -0.1) is 10.2 Å². The van der Waals surface area contributed by atoms with Crippen LogP contribution in [0.3, 0.4) is 0 Å². The maximum absolute atomic E-state index is 8.84. The average Bonchev–Trinajstić information content (AvgIpc) is 2.89. The molecule has 0 radical (unpaired) electrons. The van der Waals surface area contributed by atoms with Crippen molar-refractivity contribution < 1.29 is 0 Å². The van der Waals surface area contributed by atoms with E-state index in [2.05, 4.69) is 34.9 Å². The first-order chi connectivity index (χ1) is 12.3. The quantitative estimate of drug-likeness (QED) is 0.676. The van der Waals surface area contributed by atoms with Crippen molar-refractivity contribution in [2.75, 3.05) is 36.0 Å². The molecule has 3 aromatic heterocycles. The van der Waals surface area contributed by atoms with E-state index in [1.54, 1.807) is 18.7 Å². The normalized spacial score (nSPS) is 15.2. The molecule has 4 heterocycles. The summed E-state index contributed by atoms with van der Waals surface area (Å²) >= 11 is 0. The third-order valence-corrected chi connectivity index (χ3v) is 4.37. The summed E-state index contributed by atoms with van der Waals surface area (Å²) in [5, 5.41) is 16.9. The zero-order valence-electron chi connectivity index (χ0n) is 13.9. The molecule has 0 N–H and O–H groups in total. The first-order valence-corrected chi connectivity index (χ1v) is 8.12. The van der Waals surface area contributed by atoms with Crippen molar-refractivity contribution in [2.24, 2.45) is 7.05 Å². The van der Waals surface area contributed by atoms with E-state index in [0.717, 1.165) is 49.8 Å². The van der Waals surface area contributed by atoms with Crippen molar-refractivity contribution in [2.45, 2.75) is 6.42 Å². The highest BCUT2D eigenvalue weighted by Crippen LogP contribution is 2.23. The highest BCUT2D eigenvalue weighted by atomic mass is 15.3. The molecule has 1 aliphatic heterocycles. The van der Waals surface area contributed by atoms with Crippen molar-refractivity contribution in [1.29, 1.82) is 5.26 Å². The van der Waals surface area contributed by atoms with Crippen LogP contribution in [0.2, 0.25) is 0 Å². The van der Waals surface area contributed by atoms with Crippen LogP contribution in [0.5, 0.6) is 0 Å². The molecule has 0 aromatic carbocycles. The van der Waals surface area contributed by atoms with Gasteiger partial charge in [0.15, 0.2) is 23.0 Å². The molecule has 126 valence electrons. The zero-order valence-corrected chi connectivity index (χ0v) is 13.9. The summed E-state index contributed by atoms with van der Waals surface area (Å²) in [5.41, 5.74) is 2.00. The summed E-state index contributed by atoms with van der Waals surface area (Å²) in [4.78, 5) is 17.5. The Bertz CT molecular complexity index is 925. The van der Waals surface area contributed by atoms with Gasteiger partial charge >= 0.3 is 0 Å². The second-order valence-electron chi connectivity index (χ2n) is 5.94. The lowest BCUT2D eigenvalue weighted by Crippen LogP contribution is -2.32. The molecule has 0 unspecified atom stereocenters. The number of rotatable bonds is 2. The second-order valence-corrected chi connectivity index (χ2v) is 5.94. The smallest absolute Gasteiger partial charge is 0.182 e. The molecule has 0 amide bonds. The number of nitrogens with zero attached hydrogens (tertiary/aromatic N) is 9. The fraction of sp³-hybridized carbons (Fsp3) is 0.375. The monoisotopic (exact) mass is 335 g/mol. The molecular weight excluding hydrogens is 318 g/mol. The van der Waals surface area contributed by atoms with E-state index >= 15 is 0 Å². The van der Waals surface area contributed by atoms with Crippen LogP contribution in [0.4, 0.5) is 11.6 Å². The summed E-state index contributed by atoms with van der Waals surface area (Å²) < 4.78 is 1.96. The molecule has 1 fully saturated rings. The van der Waals surface area contributed by atoms with Gasteiger partial charge < -0.3 is 14.4 Å². The summed E-state index contributed by atoms with van der Waals surface area (Å²) in [6, 6.07) is 5.55. The number of imidazole rings is 1. The van der Waals surface area contributed by atoms with Crippen molar-refractivity contribution in [3.63, 3.8) is 0 Å². The Morgan fingerprint density at radius 1 is 1.00 bits per heavy atom. The van der Waals surface area contributed by atoms with Crippen molar-refractivity contribution in [3.05, 3.63) is 30.5 Å². The van der Waals surface area contributed by atoms with E-state index in [-0.39, 0.29) is 0 Å². The molecule has 9 heteroatoms. The molecule has 0 atom stereocenters. The summed E-state index contributed by atoms with van der Waals surface area (Å²) in [6.07, 6.45) is 4.31. The lowest BCUT2D eigenvalue weighted by atomic mass is 10.3. The lowest BCUT2D eigenvalue weighted by Gasteiger charge is -2.23. The largest absolute Gasteiger partial charge is 0.353 e. The van der Waals surface area contributed by atoms with Gasteiger partial charge in [0.05, 0.1) is 6.33 Å². The molecule has 0 saturated carbocycles. The minimum atomic E-state index is 0.333. The van der Waals surface area contributed by atoms with E-state index in [1.807, 2.05) is 23.8 Å². The standard InChI is InChI=1S/C16H17N9/c1-23-11-20-15-14(23)16(19-10-18-15)25-6-2-5-24(7-8-25)13-4-3-12(9-17)21-22-13/h3-4,10-11H,2,5-8H2,1H3. The van der Waals surface area contributed by atoms with Crippen molar-refractivity contribution in [3.8, 4) is 6.07 Å².